The van der Waals surface area contributed by atoms with Crippen LogP contribution < -0.4 is 0 Å². The monoisotopic (exact) mass is 1080 g/mol. The number of rotatable bonds is 60. The second kappa shape index (κ2) is 65.8. The number of unbranched alkanes of at least 4 members (excludes halogenated alkanes) is 33. The zero-order valence-electron chi connectivity index (χ0n) is 51.4. The minimum absolute atomic E-state index is 0.0804. The third kappa shape index (κ3) is 63.2. The summed E-state index contributed by atoms with van der Waals surface area (Å²) in [5.41, 5.74) is 0. The van der Waals surface area contributed by atoms with Crippen LogP contribution in [0.1, 0.15) is 323 Å². The SMILES string of the molecule is CC/C=C\C/C=C\C/C=C\C/C=C\C/C=C\CCCCCCCCCCCCCCCCCCCC(=O)OCC(COC(=O)CCCCCCC/C=C\CCC)OC(=O)CCCCCCCCC/C=C\C/C=C\CCCCC. The topological polar surface area (TPSA) is 78.9 Å². The lowest BCUT2D eigenvalue weighted by Crippen LogP contribution is -2.30. The molecule has 0 aliphatic heterocycles. The largest absolute Gasteiger partial charge is 0.462 e. The van der Waals surface area contributed by atoms with Gasteiger partial charge < -0.3 is 14.2 Å². The van der Waals surface area contributed by atoms with Crippen molar-refractivity contribution in [3.05, 3.63) is 97.2 Å². The zero-order valence-corrected chi connectivity index (χ0v) is 51.4. The van der Waals surface area contributed by atoms with E-state index in [0.717, 1.165) is 116 Å². The summed E-state index contributed by atoms with van der Waals surface area (Å²) in [6.07, 6.45) is 88.7. The molecular weight excluding hydrogens is 961 g/mol. The molecule has 0 saturated heterocycles. The molecule has 0 saturated carbocycles. The molecule has 0 aliphatic rings. The molecule has 0 aliphatic carbocycles. The quantitative estimate of drug-likeness (QED) is 0.0261. The second-order valence-electron chi connectivity index (χ2n) is 22.0. The van der Waals surface area contributed by atoms with Crippen molar-refractivity contribution >= 4 is 17.9 Å². The van der Waals surface area contributed by atoms with Crippen molar-refractivity contribution in [1.82, 2.24) is 0 Å². The number of carbonyl (C=O) groups is 3. The molecule has 0 aromatic heterocycles. The van der Waals surface area contributed by atoms with Gasteiger partial charge in [-0.15, -0.1) is 0 Å². The fourth-order valence-corrected chi connectivity index (χ4v) is 9.33. The summed E-state index contributed by atoms with van der Waals surface area (Å²) >= 11 is 0. The fraction of sp³-hybridized carbons (Fsp3) is 0.736. The van der Waals surface area contributed by atoms with Gasteiger partial charge in [0.1, 0.15) is 13.2 Å². The Labute approximate surface area is 483 Å². The van der Waals surface area contributed by atoms with E-state index < -0.39 is 6.10 Å². The van der Waals surface area contributed by atoms with E-state index in [9.17, 15) is 14.4 Å². The summed E-state index contributed by atoms with van der Waals surface area (Å²) in [6, 6.07) is 0. The normalized spacial score (nSPS) is 12.7. The molecule has 0 radical (unpaired) electrons. The van der Waals surface area contributed by atoms with Crippen LogP contribution in [-0.2, 0) is 28.6 Å². The van der Waals surface area contributed by atoms with Crippen molar-refractivity contribution in [3.63, 3.8) is 0 Å². The summed E-state index contributed by atoms with van der Waals surface area (Å²) < 4.78 is 16.9. The molecule has 1 unspecified atom stereocenters. The Balaban J connectivity index is 4.12. The third-order valence-corrected chi connectivity index (χ3v) is 14.3. The Morgan fingerprint density at radius 3 is 0.846 bits per heavy atom. The van der Waals surface area contributed by atoms with Crippen LogP contribution in [0.25, 0.3) is 0 Å². The van der Waals surface area contributed by atoms with Crippen molar-refractivity contribution in [2.75, 3.05) is 13.2 Å². The molecule has 0 fully saturated rings. The lowest BCUT2D eigenvalue weighted by Gasteiger charge is -2.18. The predicted octanol–water partition coefficient (Wildman–Crippen LogP) is 22.8. The van der Waals surface area contributed by atoms with Gasteiger partial charge in [0.15, 0.2) is 6.10 Å². The first-order valence-corrected chi connectivity index (χ1v) is 33.2. The molecule has 0 aromatic carbocycles. The van der Waals surface area contributed by atoms with Crippen molar-refractivity contribution in [1.29, 1.82) is 0 Å². The molecule has 6 nitrogen and oxygen atoms in total. The minimum atomic E-state index is -0.783. The molecule has 448 valence electrons. The van der Waals surface area contributed by atoms with E-state index in [1.165, 1.54) is 167 Å². The van der Waals surface area contributed by atoms with E-state index in [1.807, 2.05) is 0 Å². The molecule has 1 atom stereocenters. The molecule has 0 aromatic rings. The summed E-state index contributed by atoms with van der Waals surface area (Å²) in [4.78, 5) is 38.2. The first-order valence-electron chi connectivity index (χ1n) is 33.2. The Morgan fingerprint density at radius 2 is 0.526 bits per heavy atom. The van der Waals surface area contributed by atoms with E-state index in [1.54, 1.807) is 0 Å². The molecule has 0 amide bonds. The number of allylic oxidation sites excluding steroid dienone is 16. The lowest BCUT2D eigenvalue weighted by molar-refractivity contribution is -0.167. The van der Waals surface area contributed by atoms with Gasteiger partial charge in [0.05, 0.1) is 0 Å². The van der Waals surface area contributed by atoms with Gasteiger partial charge in [-0.2, -0.15) is 0 Å². The molecule has 0 bridgehead atoms. The summed E-state index contributed by atoms with van der Waals surface area (Å²) in [5, 5.41) is 0. The Hall–Kier alpha value is -3.67. The van der Waals surface area contributed by atoms with Crippen LogP contribution in [0.3, 0.4) is 0 Å². The van der Waals surface area contributed by atoms with Crippen molar-refractivity contribution in [3.8, 4) is 0 Å². The number of carbonyl (C=O) groups excluding carboxylic acids is 3. The summed E-state index contributed by atoms with van der Waals surface area (Å²) in [7, 11) is 0. The van der Waals surface area contributed by atoms with Gasteiger partial charge in [-0.1, -0.05) is 285 Å². The van der Waals surface area contributed by atoms with Crippen LogP contribution in [0, 0.1) is 0 Å². The standard InChI is InChI=1S/C72H124O6/c1-4-7-10-13-16-19-22-24-26-28-29-30-31-32-33-34-35-36-37-38-39-40-41-42-43-45-46-48-50-53-56-59-62-65-71(74)77-68-69(67-76-70(73)64-61-58-55-52-21-18-15-12-9-6-3)78-72(75)66-63-60-57-54-51-49-47-44-27-25-23-20-17-14-11-8-5-2/h7,10,12,15-17,19-20,24-27,29-30,32-33,69H,4-6,8-9,11,13-14,18,21-23,28,31,34-68H2,1-3H3/b10-7-,15-12-,19-16-,20-17-,26-24-,27-25-,30-29-,33-32-. The zero-order chi connectivity index (χ0) is 56.4. The van der Waals surface area contributed by atoms with Gasteiger partial charge in [-0.25, -0.2) is 0 Å². The smallest absolute Gasteiger partial charge is 0.306 e. The van der Waals surface area contributed by atoms with Crippen LogP contribution in [-0.4, -0.2) is 37.2 Å². The Kier molecular flexibility index (Phi) is 62.7. The van der Waals surface area contributed by atoms with Crippen LogP contribution in [0.15, 0.2) is 97.2 Å². The van der Waals surface area contributed by atoms with E-state index in [0.29, 0.717) is 19.3 Å². The van der Waals surface area contributed by atoms with Crippen LogP contribution >= 0.6 is 0 Å². The molecule has 78 heavy (non-hydrogen) atoms. The van der Waals surface area contributed by atoms with Crippen LogP contribution in [0.5, 0.6) is 0 Å². The van der Waals surface area contributed by atoms with E-state index in [2.05, 4.69) is 118 Å². The highest BCUT2D eigenvalue weighted by Gasteiger charge is 2.19. The predicted molar refractivity (Wildman–Crippen MR) is 339 cm³/mol. The van der Waals surface area contributed by atoms with Crippen LogP contribution in [0.4, 0.5) is 0 Å². The maximum absolute atomic E-state index is 12.9. The van der Waals surface area contributed by atoms with Crippen LogP contribution in [0.2, 0.25) is 0 Å². The molecule has 0 rings (SSSR count). The Bertz CT molecular complexity index is 1530. The number of hydrogen-bond donors (Lipinski definition) is 0. The maximum Gasteiger partial charge on any atom is 0.306 e. The number of esters is 3. The third-order valence-electron chi connectivity index (χ3n) is 14.3. The molecule has 6 heteroatoms. The fourth-order valence-electron chi connectivity index (χ4n) is 9.33. The molecule has 0 N–H and O–H groups in total. The van der Waals surface area contributed by atoms with Crippen molar-refractivity contribution in [2.24, 2.45) is 0 Å². The van der Waals surface area contributed by atoms with Gasteiger partial charge in [-0.3, -0.25) is 14.4 Å². The molecular formula is C72H124O6. The number of ether oxygens (including phenoxy) is 3. The van der Waals surface area contributed by atoms with Crippen molar-refractivity contribution < 1.29 is 28.6 Å². The summed E-state index contributed by atoms with van der Waals surface area (Å²) in [5.74, 6) is -0.888. The molecule has 0 heterocycles. The van der Waals surface area contributed by atoms with E-state index in [4.69, 9.17) is 14.2 Å². The summed E-state index contributed by atoms with van der Waals surface area (Å²) in [6.45, 7) is 6.45. The molecule has 0 spiro atoms. The van der Waals surface area contributed by atoms with Gasteiger partial charge in [-0.05, 0) is 116 Å². The van der Waals surface area contributed by atoms with Gasteiger partial charge >= 0.3 is 17.9 Å². The average Bonchev–Trinajstić information content (AvgIpc) is 3.44. The first-order chi connectivity index (χ1) is 38.5. The van der Waals surface area contributed by atoms with E-state index >= 15 is 0 Å². The second-order valence-corrected chi connectivity index (χ2v) is 22.0. The lowest BCUT2D eigenvalue weighted by atomic mass is 10.0. The average molecular weight is 1090 g/mol. The highest BCUT2D eigenvalue weighted by atomic mass is 16.6. The van der Waals surface area contributed by atoms with E-state index in [-0.39, 0.29) is 31.1 Å². The number of hydrogen-bond acceptors (Lipinski definition) is 6. The Morgan fingerprint density at radius 1 is 0.269 bits per heavy atom. The van der Waals surface area contributed by atoms with Gasteiger partial charge in [0.2, 0.25) is 0 Å². The van der Waals surface area contributed by atoms with Gasteiger partial charge in [0, 0.05) is 19.3 Å². The van der Waals surface area contributed by atoms with Crippen molar-refractivity contribution in [2.45, 2.75) is 329 Å². The van der Waals surface area contributed by atoms with Gasteiger partial charge in [0.25, 0.3) is 0 Å². The highest BCUT2D eigenvalue weighted by molar-refractivity contribution is 5.71. The highest BCUT2D eigenvalue weighted by Crippen LogP contribution is 2.17. The minimum Gasteiger partial charge on any atom is -0.462 e. The maximum atomic E-state index is 12.9. The first kappa shape index (κ1) is 74.3.